The predicted molar refractivity (Wildman–Crippen MR) is 126 cm³/mol. The fourth-order valence-electron chi connectivity index (χ4n) is 4.50. The number of anilines is 2. The summed E-state index contributed by atoms with van der Waals surface area (Å²) in [6.07, 6.45) is 4.77. The summed E-state index contributed by atoms with van der Waals surface area (Å²) >= 11 is 5.87. The summed E-state index contributed by atoms with van der Waals surface area (Å²) in [7, 11) is 0. The van der Waals surface area contributed by atoms with E-state index in [-0.39, 0.29) is 33.9 Å². The Balaban J connectivity index is 1.24. The molecule has 33 heavy (non-hydrogen) atoms. The minimum absolute atomic E-state index is 0.0257. The first-order valence-corrected chi connectivity index (χ1v) is 11.1. The summed E-state index contributed by atoms with van der Waals surface area (Å²) in [5.41, 5.74) is 12.7. The number of nitrogens with one attached hydrogen (secondary N) is 2. The van der Waals surface area contributed by atoms with Gasteiger partial charge in [0.25, 0.3) is 11.8 Å². The quantitative estimate of drug-likeness (QED) is 0.454. The maximum absolute atomic E-state index is 13.0. The summed E-state index contributed by atoms with van der Waals surface area (Å²) in [5.74, 6) is -0.0420. The minimum atomic E-state index is -0.523. The molecule has 1 saturated heterocycles. The number of fused-ring (bicyclic) bond motifs is 1. The number of amidine groups is 1. The highest BCUT2D eigenvalue weighted by atomic mass is 35.5. The molecule has 2 aliphatic rings. The van der Waals surface area contributed by atoms with Crippen LogP contribution in [-0.4, -0.2) is 56.1 Å². The number of rotatable bonds is 2. The summed E-state index contributed by atoms with van der Waals surface area (Å²) in [6, 6.07) is 7.65. The molecule has 170 valence electrons. The second-order valence-corrected chi connectivity index (χ2v) is 8.80. The third-order valence-electron chi connectivity index (χ3n) is 6.36. The van der Waals surface area contributed by atoms with Crippen LogP contribution in [0, 0.1) is 0 Å². The molecule has 1 spiro atoms. The Kier molecular flexibility index (Phi) is 5.16. The van der Waals surface area contributed by atoms with Crippen LogP contribution >= 0.6 is 11.6 Å². The van der Waals surface area contributed by atoms with E-state index in [2.05, 4.69) is 20.3 Å². The molecule has 2 aliphatic heterocycles. The SMILES string of the molecule is Nc1nc(N)c(C(=O)NC2=NC3(CC2)CCN(C(=O)c2ccc4[nH]ccc4c2)CC3)nc1Cl. The lowest BCUT2D eigenvalue weighted by Gasteiger charge is -2.37. The van der Waals surface area contributed by atoms with E-state index in [0.29, 0.717) is 30.9 Å². The fraction of sp³-hybridized carbons (Fsp3) is 0.318. The fourth-order valence-corrected chi connectivity index (χ4v) is 4.62. The number of halogens is 1. The van der Waals surface area contributed by atoms with E-state index < -0.39 is 5.91 Å². The summed E-state index contributed by atoms with van der Waals surface area (Å²) < 4.78 is 0. The average Bonchev–Trinajstić information content (AvgIpc) is 3.43. The van der Waals surface area contributed by atoms with Gasteiger partial charge in [-0.2, -0.15) is 0 Å². The van der Waals surface area contributed by atoms with Crippen molar-refractivity contribution >= 4 is 51.8 Å². The first kappa shape index (κ1) is 21.2. The summed E-state index contributed by atoms with van der Waals surface area (Å²) in [4.78, 5) is 43.2. The lowest BCUT2D eigenvalue weighted by atomic mass is 9.86. The first-order valence-electron chi connectivity index (χ1n) is 10.7. The van der Waals surface area contributed by atoms with Gasteiger partial charge >= 0.3 is 0 Å². The number of amides is 2. The number of hydrogen-bond acceptors (Lipinski definition) is 7. The van der Waals surface area contributed by atoms with Crippen LogP contribution in [0.5, 0.6) is 0 Å². The lowest BCUT2D eigenvalue weighted by Crippen LogP contribution is -2.45. The number of likely N-dealkylation sites (tertiary alicyclic amines) is 1. The number of carbonyl (C=O) groups is 2. The van der Waals surface area contributed by atoms with Crippen LogP contribution in [-0.2, 0) is 0 Å². The molecular weight excluding hydrogens is 444 g/mol. The monoisotopic (exact) mass is 466 g/mol. The molecule has 0 aliphatic carbocycles. The van der Waals surface area contributed by atoms with Crippen LogP contribution in [0.4, 0.5) is 11.6 Å². The van der Waals surface area contributed by atoms with E-state index in [1.165, 1.54) is 0 Å². The Morgan fingerprint density at radius 1 is 1.09 bits per heavy atom. The number of carbonyl (C=O) groups excluding carboxylic acids is 2. The molecule has 0 radical (unpaired) electrons. The van der Waals surface area contributed by atoms with E-state index >= 15 is 0 Å². The number of nitrogens with zero attached hydrogens (tertiary/aromatic N) is 4. The molecule has 6 N–H and O–H groups in total. The zero-order chi connectivity index (χ0) is 23.2. The van der Waals surface area contributed by atoms with E-state index in [9.17, 15) is 9.59 Å². The van der Waals surface area contributed by atoms with Crippen molar-refractivity contribution in [1.29, 1.82) is 0 Å². The zero-order valence-corrected chi connectivity index (χ0v) is 18.5. The van der Waals surface area contributed by atoms with Gasteiger partial charge in [-0.3, -0.25) is 14.6 Å². The van der Waals surface area contributed by atoms with Gasteiger partial charge in [-0.1, -0.05) is 11.6 Å². The van der Waals surface area contributed by atoms with Crippen LogP contribution < -0.4 is 16.8 Å². The van der Waals surface area contributed by atoms with Crippen molar-refractivity contribution in [1.82, 2.24) is 25.2 Å². The van der Waals surface area contributed by atoms with E-state index in [0.717, 1.165) is 30.2 Å². The second-order valence-electron chi connectivity index (χ2n) is 8.44. The minimum Gasteiger partial charge on any atom is -0.382 e. The molecule has 2 amide bonds. The lowest BCUT2D eigenvalue weighted by molar-refractivity contribution is 0.0673. The van der Waals surface area contributed by atoms with Crippen molar-refractivity contribution in [2.45, 2.75) is 31.2 Å². The maximum Gasteiger partial charge on any atom is 0.279 e. The number of H-pyrrole nitrogens is 1. The van der Waals surface area contributed by atoms with Crippen molar-refractivity contribution in [3.05, 3.63) is 46.9 Å². The van der Waals surface area contributed by atoms with Gasteiger partial charge in [-0.15, -0.1) is 0 Å². The van der Waals surface area contributed by atoms with Crippen molar-refractivity contribution in [2.24, 2.45) is 4.99 Å². The van der Waals surface area contributed by atoms with Crippen molar-refractivity contribution in [3.63, 3.8) is 0 Å². The molecule has 3 aromatic rings. The largest absolute Gasteiger partial charge is 0.382 e. The number of nitrogen functional groups attached to an aromatic ring is 2. The molecule has 1 fully saturated rings. The highest BCUT2D eigenvalue weighted by molar-refractivity contribution is 6.31. The molecule has 1 aromatic carbocycles. The number of piperidine rings is 1. The third kappa shape index (κ3) is 3.97. The number of aromatic amines is 1. The van der Waals surface area contributed by atoms with E-state index in [1.807, 2.05) is 35.4 Å². The van der Waals surface area contributed by atoms with Crippen LogP contribution in [0.1, 0.15) is 46.5 Å². The van der Waals surface area contributed by atoms with Gasteiger partial charge in [0.15, 0.2) is 22.5 Å². The van der Waals surface area contributed by atoms with Crippen LogP contribution in [0.15, 0.2) is 35.5 Å². The molecule has 0 bridgehead atoms. The highest BCUT2D eigenvalue weighted by Gasteiger charge is 2.39. The van der Waals surface area contributed by atoms with Gasteiger partial charge in [0.05, 0.1) is 5.54 Å². The summed E-state index contributed by atoms with van der Waals surface area (Å²) in [5, 5.41) is 3.71. The number of nitrogens with two attached hydrogens (primary N) is 2. The van der Waals surface area contributed by atoms with Gasteiger partial charge in [0.2, 0.25) is 0 Å². The standard InChI is InChI=1S/C22H23ClN8O2/c23-17-19(25)29-18(24)16(28-17)20(32)27-15-3-5-22(30-15)6-9-31(10-7-22)21(33)13-1-2-14-12(11-13)4-8-26-14/h1-2,4,8,11,26H,3,5-7,9-10H2,(H4,24,25,29)(H,27,30,32). The molecule has 11 heteroatoms. The van der Waals surface area contributed by atoms with Crippen molar-refractivity contribution in [3.8, 4) is 0 Å². The number of benzene rings is 1. The smallest absolute Gasteiger partial charge is 0.279 e. The molecule has 5 rings (SSSR count). The normalized spacial score (nSPS) is 17.4. The van der Waals surface area contributed by atoms with Crippen molar-refractivity contribution < 1.29 is 9.59 Å². The van der Waals surface area contributed by atoms with Gasteiger partial charge in [0.1, 0.15) is 5.84 Å². The average molecular weight is 467 g/mol. The Morgan fingerprint density at radius 2 is 1.88 bits per heavy atom. The van der Waals surface area contributed by atoms with Crippen molar-refractivity contribution in [2.75, 3.05) is 24.6 Å². The van der Waals surface area contributed by atoms with Crippen LogP contribution in [0.2, 0.25) is 5.15 Å². The van der Waals surface area contributed by atoms with Gasteiger partial charge in [-0.05, 0) is 43.5 Å². The third-order valence-corrected chi connectivity index (χ3v) is 6.64. The molecule has 0 atom stereocenters. The Labute approximate surface area is 194 Å². The van der Waals surface area contributed by atoms with E-state index in [4.69, 9.17) is 28.1 Å². The van der Waals surface area contributed by atoms with Gasteiger partial charge < -0.3 is 26.7 Å². The molecular formula is C22H23ClN8O2. The van der Waals surface area contributed by atoms with E-state index in [1.54, 1.807) is 0 Å². The van der Waals surface area contributed by atoms with Crippen LogP contribution in [0.3, 0.4) is 0 Å². The number of aliphatic imine (C=N–C) groups is 1. The Bertz CT molecular complexity index is 1290. The van der Waals surface area contributed by atoms with Gasteiger partial charge in [0, 0.05) is 42.2 Å². The molecule has 10 nitrogen and oxygen atoms in total. The topological polar surface area (TPSA) is 155 Å². The maximum atomic E-state index is 13.0. The molecule has 0 saturated carbocycles. The zero-order valence-electron chi connectivity index (χ0n) is 17.8. The number of aromatic nitrogens is 3. The van der Waals surface area contributed by atoms with Crippen LogP contribution in [0.25, 0.3) is 10.9 Å². The molecule has 2 aromatic heterocycles. The highest BCUT2D eigenvalue weighted by Crippen LogP contribution is 2.36. The summed E-state index contributed by atoms with van der Waals surface area (Å²) in [6.45, 7) is 1.22. The predicted octanol–water partition coefficient (Wildman–Crippen LogP) is 2.37. The Morgan fingerprint density at radius 3 is 2.67 bits per heavy atom. The number of hydrogen-bond donors (Lipinski definition) is 4. The van der Waals surface area contributed by atoms with Gasteiger partial charge in [-0.25, -0.2) is 9.97 Å². The first-order chi connectivity index (χ1) is 15.8. The molecule has 4 heterocycles. The molecule has 0 unspecified atom stereocenters. The Hall–Kier alpha value is -3.66. The second kappa shape index (κ2) is 8.04.